The van der Waals surface area contributed by atoms with Crippen LogP contribution in [0.2, 0.25) is 0 Å². The monoisotopic (exact) mass is 328 g/mol. The van der Waals surface area contributed by atoms with Gasteiger partial charge in [0.05, 0.1) is 0 Å². The summed E-state index contributed by atoms with van der Waals surface area (Å²) in [5.41, 5.74) is 0. The molecule has 18 heavy (non-hydrogen) atoms. The molecule has 0 aromatic heterocycles. The van der Waals surface area contributed by atoms with Crippen molar-refractivity contribution in [1.82, 2.24) is 0 Å². The number of hydrogen-bond donors (Lipinski definition) is 0. The van der Waals surface area contributed by atoms with E-state index in [2.05, 4.69) is 13.8 Å². The van der Waals surface area contributed by atoms with Crippen molar-refractivity contribution >= 4 is 10.4 Å². The second-order valence-corrected chi connectivity index (χ2v) is 4.91. The van der Waals surface area contributed by atoms with Gasteiger partial charge in [-0.1, -0.05) is 64.7 Å². The maximum absolute atomic E-state index is 8.52. The maximum atomic E-state index is 8.52. The normalized spacial score (nSPS) is 10.2. The molecular weight excluding hydrogens is 304 g/mol. The Hall–Kier alpha value is 0.389. The van der Waals surface area contributed by atoms with E-state index in [9.17, 15) is 0 Å². The van der Waals surface area contributed by atoms with Gasteiger partial charge in [-0.25, -0.2) is 0 Å². The first-order chi connectivity index (χ1) is 7.91. The fraction of sp³-hybridized carbons (Fsp3) is 0.917. The molecular formula is C12H25CuO4S-. The summed E-state index contributed by atoms with van der Waals surface area (Å²) in [7, 11) is -5.17. The molecule has 0 saturated carbocycles. The minimum atomic E-state index is -5.17. The van der Waals surface area contributed by atoms with E-state index < -0.39 is 10.4 Å². The molecule has 6 heteroatoms. The summed E-state index contributed by atoms with van der Waals surface area (Å²) in [4.78, 5) is 0. The second-order valence-electron chi connectivity index (χ2n) is 4.09. The van der Waals surface area contributed by atoms with Crippen molar-refractivity contribution in [1.29, 1.82) is 0 Å². The Morgan fingerprint density at radius 2 is 1.11 bits per heavy atom. The van der Waals surface area contributed by atoms with Crippen LogP contribution in [-0.2, 0) is 27.5 Å². The zero-order valence-corrected chi connectivity index (χ0v) is 12.9. The molecule has 0 aliphatic heterocycles. The van der Waals surface area contributed by atoms with Crippen LogP contribution in [0, 0.1) is 6.92 Å². The molecule has 0 aromatic carbocycles. The molecule has 0 heterocycles. The van der Waals surface area contributed by atoms with Crippen LogP contribution in [-0.4, -0.2) is 17.5 Å². The number of hydrogen-bond acceptors (Lipinski definition) is 4. The first-order valence-corrected chi connectivity index (χ1v) is 7.71. The summed E-state index contributed by atoms with van der Waals surface area (Å²) >= 11 is 0. The summed E-state index contributed by atoms with van der Waals surface area (Å²) in [5.74, 6) is 0. The van der Waals surface area contributed by atoms with Crippen LogP contribution in [0.25, 0.3) is 0 Å². The van der Waals surface area contributed by atoms with Gasteiger partial charge in [-0.15, -0.1) is 0 Å². The van der Waals surface area contributed by atoms with Crippen LogP contribution in [0.4, 0.5) is 0 Å². The zero-order valence-electron chi connectivity index (χ0n) is 11.1. The van der Waals surface area contributed by atoms with E-state index in [1.807, 2.05) is 0 Å². The molecule has 0 spiro atoms. The Bertz CT molecular complexity index is 212. The van der Waals surface area contributed by atoms with Crippen molar-refractivity contribution in [2.45, 2.75) is 71.1 Å². The smallest absolute Gasteiger partial charge is 0.759 e. The largest absolute Gasteiger partial charge is 2.00 e. The maximum Gasteiger partial charge on any atom is 2.00 e. The molecule has 0 N–H and O–H groups in total. The predicted molar refractivity (Wildman–Crippen MR) is 67.7 cm³/mol. The summed E-state index contributed by atoms with van der Waals surface area (Å²) in [6, 6.07) is 0. The molecule has 0 saturated heterocycles. The SMILES string of the molecule is O=S(=O)([O-])[O-].[CH2-]CCCCCCCCCCC.[Cu+2]. The van der Waals surface area contributed by atoms with Gasteiger partial charge in [0.15, 0.2) is 0 Å². The van der Waals surface area contributed by atoms with Crippen molar-refractivity contribution in [3.05, 3.63) is 6.92 Å². The van der Waals surface area contributed by atoms with Crippen LogP contribution in [0.15, 0.2) is 0 Å². The fourth-order valence-electron chi connectivity index (χ4n) is 1.49. The fourth-order valence-corrected chi connectivity index (χ4v) is 1.49. The Labute approximate surface area is 123 Å². The van der Waals surface area contributed by atoms with Gasteiger partial charge >= 0.3 is 17.1 Å². The van der Waals surface area contributed by atoms with E-state index >= 15 is 0 Å². The Morgan fingerprint density at radius 1 is 0.833 bits per heavy atom. The second kappa shape index (κ2) is 17.4. The molecule has 0 aliphatic carbocycles. The predicted octanol–water partition coefficient (Wildman–Crippen LogP) is 3.40. The summed E-state index contributed by atoms with van der Waals surface area (Å²) in [6.07, 6.45) is 13.9. The first-order valence-electron chi connectivity index (χ1n) is 6.37. The zero-order chi connectivity index (χ0) is 13.6. The molecule has 0 aromatic rings. The molecule has 4 nitrogen and oxygen atoms in total. The minimum Gasteiger partial charge on any atom is -0.759 e. The molecule has 0 unspecified atom stereocenters. The minimum absolute atomic E-state index is 0. The first kappa shape index (κ1) is 23.5. The standard InChI is InChI=1S/C12H25.Cu.H2O4S/c1-3-5-7-9-11-12-10-8-6-4-2;;1-5(2,3)4/h1,3-12H2,2H3;;(H2,1,2,3,4)/q-1;+2;/p-2. The van der Waals surface area contributed by atoms with Crippen LogP contribution < -0.4 is 0 Å². The van der Waals surface area contributed by atoms with E-state index in [1.54, 1.807) is 0 Å². The van der Waals surface area contributed by atoms with Crippen molar-refractivity contribution in [2.24, 2.45) is 0 Å². The van der Waals surface area contributed by atoms with Crippen LogP contribution in [0.5, 0.6) is 0 Å². The molecule has 0 rings (SSSR count). The summed E-state index contributed by atoms with van der Waals surface area (Å²) < 4.78 is 34.1. The van der Waals surface area contributed by atoms with Gasteiger partial charge in [-0.2, -0.15) is 6.42 Å². The van der Waals surface area contributed by atoms with Gasteiger partial charge in [0.25, 0.3) is 0 Å². The molecule has 0 amide bonds. The molecule has 1 radical (unpaired) electrons. The van der Waals surface area contributed by atoms with E-state index in [0.29, 0.717) is 0 Å². The van der Waals surface area contributed by atoms with Crippen molar-refractivity contribution < 1.29 is 34.6 Å². The molecule has 0 atom stereocenters. The third-order valence-electron chi connectivity index (χ3n) is 2.35. The quantitative estimate of drug-likeness (QED) is 0.213. The molecule has 0 fully saturated rings. The number of unbranched alkanes of at least 4 members (excludes halogenated alkanes) is 9. The molecule has 115 valence electrons. The van der Waals surface area contributed by atoms with E-state index in [-0.39, 0.29) is 17.1 Å². The van der Waals surface area contributed by atoms with Crippen LogP contribution in [0.1, 0.15) is 71.1 Å². The van der Waals surface area contributed by atoms with Gasteiger partial charge < -0.3 is 16.0 Å². The van der Waals surface area contributed by atoms with Gasteiger partial charge in [-0.3, -0.25) is 8.42 Å². The topological polar surface area (TPSA) is 80.3 Å². The Balaban J connectivity index is -0.000000321. The van der Waals surface area contributed by atoms with Gasteiger partial charge in [0.2, 0.25) is 0 Å². The molecule has 0 aliphatic rings. The van der Waals surface area contributed by atoms with Gasteiger partial charge in [0.1, 0.15) is 0 Å². The van der Waals surface area contributed by atoms with E-state index in [0.717, 1.165) is 6.42 Å². The molecule has 0 bridgehead atoms. The average Bonchev–Trinajstić information content (AvgIpc) is 2.20. The number of rotatable bonds is 9. The van der Waals surface area contributed by atoms with Crippen molar-refractivity contribution in [3.8, 4) is 0 Å². The third kappa shape index (κ3) is 44.0. The van der Waals surface area contributed by atoms with E-state index in [1.165, 1.54) is 57.8 Å². The third-order valence-corrected chi connectivity index (χ3v) is 2.35. The van der Waals surface area contributed by atoms with Crippen molar-refractivity contribution in [2.75, 3.05) is 0 Å². The summed E-state index contributed by atoms with van der Waals surface area (Å²) in [5, 5.41) is 0. The average molecular weight is 329 g/mol. The van der Waals surface area contributed by atoms with Gasteiger partial charge in [0, 0.05) is 10.4 Å². The van der Waals surface area contributed by atoms with Gasteiger partial charge in [-0.05, 0) is 0 Å². The Morgan fingerprint density at radius 3 is 1.39 bits per heavy atom. The van der Waals surface area contributed by atoms with E-state index in [4.69, 9.17) is 17.5 Å². The van der Waals surface area contributed by atoms with Crippen molar-refractivity contribution in [3.63, 3.8) is 0 Å². The van der Waals surface area contributed by atoms with Crippen LogP contribution in [0.3, 0.4) is 0 Å². The Kier molecular flexibility index (Phi) is 22.7. The summed E-state index contributed by atoms with van der Waals surface area (Å²) in [6.45, 7) is 6.12. The van der Waals surface area contributed by atoms with Crippen LogP contribution >= 0.6 is 0 Å².